The molecule has 0 rings (SSSR count). The van der Waals surface area contributed by atoms with Crippen molar-refractivity contribution in [1.82, 2.24) is 0 Å². The zero-order valence-corrected chi connectivity index (χ0v) is 23.0. The van der Waals surface area contributed by atoms with Crippen LogP contribution in [0.3, 0.4) is 0 Å². The second kappa shape index (κ2) is 24.7. The van der Waals surface area contributed by atoms with Crippen LogP contribution in [-0.4, -0.2) is 28.6 Å². The van der Waals surface area contributed by atoms with Crippen LogP contribution in [0.5, 0.6) is 0 Å². The summed E-state index contributed by atoms with van der Waals surface area (Å²) in [4.78, 5) is 0. The van der Waals surface area contributed by atoms with Gasteiger partial charge in [0.1, 0.15) is 0 Å². The second-order valence-electron chi connectivity index (χ2n) is 9.28. The predicted molar refractivity (Wildman–Crippen MR) is 139 cm³/mol. The lowest BCUT2D eigenvalue weighted by Gasteiger charge is -2.30. The molecule has 0 aliphatic heterocycles. The van der Waals surface area contributed by atoms with Gasteiger partial charge in [0.05, 0.1) is 0 Å². The van der Waals surface area contributed by atoms with Crippen LogP contribution >= 0.6 is 0 Å². The monoisotopic (exact) mass is 458 g/mol. The SMILES string of the molecule is CCCCCCCCO[Si](CCC)(OCCCCCCCC)OCCCCCCCC. The van der Waals surface area contributed by atoms with E-state index in [0.29, 0.717) is 0 Å². The number of hydrogen-bond donors (Lipinski definition) is 0. The molecule has 0 aromatic heterocycles. The van der Waals surface area contributed by atoms with Crippen molar-refractivity contribution in [1.29, 1.82) is 0 Å². The third kappa shape index (κ3) is 20.4. The van der Waals surface area contributed by atoms with Crippen LogP contribution in [0.4, 0.5) is 0 Å². The van der Waals surface area contributed by atoms with Gasteiger partial charge >= 0.3 is 8.80 Å². The minimum absolute atomic E-state index is 0.811. The maximum absolute atomic E-state index is 6.46. The highest BCUT2D eigenvalue weighted by atomic mass is 28.4. The van der Waals surface area contributed by atoms with Crippen molar-refractivity contribution in [2.75, 3.05) is 19.8 Å². The molecule has 188 valence electrons. The smallest absolute Gasteiger partial charge is 0.373 e. The van der Waals surface area contributed by atoms with Crippen molar-refractivity contribution in [2.45, 2.75) is 156 Å². The van der Waals surface area contributed by atoms with Crippen molar-refractivity contribution in [3.8, 4) is 0 Å². The summed E-state index contributed by atoms with van der Waals surface area (Å²) >= 11 is 0. The Bertz CT molecular complexity index is 293. The molecule has 0 saturated heterocycles. The Kier molecular flexibility index (Phi) is 24.8. The summed E-state index contributed by atoms with van der Waals surface area (Å²) < 4.78 is 19.4. The molecule has 0 aliphatic rings. The van der Waals surface area contributed by atoms with Crippen LogP contribution in [0.15, 0.2) is 0 Å². The fourth-order valence-electron chi connectivity index (χ4n) is 3.98. The van der Waals surface area contributed by atoms with Gasteiger partial charge < -0.3 is 13.3 Å². The summed E-state index contributed by atoms with van der Waals surface area (Å²) in [5.41, 5.74) is 0. The number of unbranched alkanes of at least 4 members (excludes halogenated alkanes) is 15. The van der Waals surface area contributed by atoms with Gasteiger partial charge in [0, 0.05) is 25.9 Å². The Morgan fingerprint density at radius 2 is 0.645 bits per heavy atom. The van der Waals surface area contributed by atoms with Crippen LogP contribution in [0.1, 0.15) is 150 Å². The van der Waals surface area contributed by atoms with Gasteiger partial charge in [-0.15, -0.1) is 0 Å². The fourth-order valence-corrected chi connectivity index (χ4v) is 6.64. The Balaban J connectivity index is 4.39. The third-order valence-corrected chi connectivity index (χ3v) is 9.06. The fraction of sp³-hybridized carbons (Fsp3) is 1.00. The molecule has 0 N–H and O–H groups in total. The lowest BCUT2D eigenvalue weighted by molar-refractivity contribution is 0.0550. The van der Waals surface area contributed by atoms with E-state index in [1.807, 2.05) is 0 Å². The molecule has 0 fully saturated rings. The number of rotatable bonds is 26. The molecule has 0 aromatic carbocycles. The van der Waals surface area contributed by atoms with E-state index < -0.39 is 8.80 Å². The molecular formula is C27H58O3Si. The summed E-state index contributed by atoms with van der Waals surface area (Å²) in [6, 6.07) is 0.967. The van der Waals surface area contributed by atoms with Crippen LogP contribution in [0.2, 0.25) is 6.04 Å². The first-order valence-electron chi connectivity index (χ1n) is 14.2. The summed E-state index contributed by atoms with van der Waals surface area (Å²) in [5, 5.41) is 0. The average Bonchev–Trinajstić information content (AvgIpc) is 2.77. The van der Waals surface area contributed by atoms with Gasteiger partial charge in [-0.2, -0.15) is 0 Å². The third-order valence-electron chi connectivity index (χ3n) is 6.02. The maximum atomic E-state index is 6.46. The lowest BCUT2D eigenvalue weighted by Crippen LogP contribution is -2.46. The van der Waals surface area contributed by atoms with E-state index in [1.54, 1.807) is 0 Å². The quantitative estimate of drug-likeness (QED) is 0.0953. The summed E-state index contributed by atoms with van der Waals surface area (Å²) in [5.74, 6) is 0. The topological polar surface area (TPSA) is 27.7 Å². The second-order valence-corrected chi connectivity index (χ2v) is 12.0. The van der Waals surface area contributed by atoms with Gasteiger partial charge in [-0.1, -0.05) is 130 Å². The molecule has 0 atom stereocenters. The maximum Gasteiger partial charge on any atom is 0.500 e. The van der Waals surface area contributed by atoms with Crippen molar-refractivity contribution >= 4 is 8.80 Å². The van der Waals surface area contributed by atoms with Gasteiger partial charge in [-0.3, -0.25) is 0 Å². The lowest BCUT2D eigenvalue weighted by atomic mass is 10.1. The number of hydrogen-bond acceptors (Lipinski definition) is 3. The molecule has 31 heavy (non-hydrogen) atoms. The van der Waals surface area contributed by atoms with Gasteiger partial charge in [0.25, 0.3) is 0 Å². The van der Waals surface area contributed by atoms with Crippen molar-refractivity contribution in [3.05, 3.63) is 0 Å². The highest BCUT2D eigenvalue weighted by Crippen LogP contribution is 2.21. The van der Waals surface area contributed by atoms with Crippen LogP contribution < -0.4 is 0 Å². The summed E-state index contributed by atoms with van der Waals surface area (Å²) in [6.45, 7) is 11.5. The van der Waals surface area contributed by atoms with Crippen LogP contribution in [0.25, 0.3) is 0 Å². The average molecular weight is 459 g/mol. The normalized spacial score (nSPS) is 12.0. The molecule has 0 amide bonds. The molecule has 0 heterocycles. The Morgan fingerprint density at radius 1 is 0.355 bits per heavy atom. The van der Waals surface area contributed by atoms with Crippen molar-refractivity contribution in [2.24, 2.45) is 0 Å². The summed E-state index contributed by atoms with van der Waals surface area (Å²) in [6.07, 6.45) is 24.4. The first kappa shape index (κ1) is 31.1. The van der Waals surface area contributed by atoms with E-state index >= 15 is 0 Å². The minimum atomic E-state index is -2.52. The highest BCUT2D eigenvalue weighted by Gasteiger charge is 2.40. The van der Waals surface area contributed by atoms with Crippen LogP contribution in [0, 0.1) is 0 Å². The Morgan fingerprint density at radius 3 is 0.935 bits per heavy atom. The first-order chi connectivity index (χ1) is 15.2. The standard InChI is InChI=1S/C27H58O3Si/c1-5-9-12-15-18-21-24-28-31(27-8-4,29-25-22-19-16-13-10-6-2)30-26-23-20-17-14-11-7-3/h5-27H2,1-4H3. The highest BCUT2D eigenvalue weighted by molar-refractivity contribution is 6.60. The Labute approximate surface area is 197 Å². The van der Waals surface area contributed by atoms with E-state index in [-0.39, 0.29) is 0 Å². The molecule has 0 saturated carbocycles. The van der Waals surface area contributed by atoms with Crippen LogP contribution in [-0.2, 0) is 13.3 Å². The van der Waals surface area contributed by atoms with Gasteiger partial charge in [0.2, 0.25) is 0 Å². The molecule has 0 spiro atoms. The molecule has 0 bridgehead atoms. The van der Waals surface area contributed by atoms with Gasteiger partial charge in [-0.25, -0.2) is 0 Å². The molecule has 0 aromatic rings. The molecule has 0 unspecified atom stereocenters. The minimum Gasteiger partial charge on any atom is -0.373 e. The zero-order valence-electron chi connectivity index (χ0n) is 22.0. The molecule has 0 radical (unpaired) electrons. The summed E-state index contributed by atoms with van der Waals surface area (Å²) in [7, 11) is -2.52. The van der Waals surface area contributed by atoms with Gasteiger partial charge in [-0.05, 0) is 19.3 Å². The van der Waals surface area contributed by atoms with E-state index in [9.17, 15) is 0 Å². The van der Waals surface area contributed by atoms with E-state index in [2.05, 4.69) is 27.7 Å². The van der Waals surface area contributed by atoms with Crippen molar-refractivity contribution < 1.29 is 13.3 Å². The van der Waals surface area contributed by atoms with E-state index in [1.165, 1.54) is 96.3 Å². The Hall–Kier alpha value is 0.0969. The molecule has 4 heteroatoms. The first-order valence-corrected chi connectivity index (χ1v) is 16.1. The zero-order chi connectivity index (χ0) is 22.9. The van der Waals surface area contributed by atoms with E-state index in [4.69, 9.17) is 13.3 Å². The van der Waals surface area contributed by atoms with E-state index in [0.717, 1.165) is 51.5 Å². The molecule has 0 aliphatic carbocycles. The predicted octanol–water partition coefficient (Wildman–Crippen LogP) is 9.47. The van der Waals surface area contributed by atoms with Gasteiger partial charge in [0.15, 0.2) is 0 Å². The van der Waals surface area contributed by atoms with Crippen molar-refractivity contribution in [3.63, 3.8) is 0 Å². The largest absolute Gasteiger partial charge is 0.500 e. The molecular weight excluding hydrogens is 400 g/mol. The molecule has 3 nitrogen and oxygen atoms in total.